The van der Waals surface area contributed by atoms with Crippen LogP contribution in [-0.4, -0.2) is 56.8 Å². The van der Waals surface area contributed by atoms with E-state index >= 15 is 0 Å². The quantitative estimate of drug-likeness (QED) is 0.778. The third-order valence-corrected chi connectivity index (χ3v) is 3.88. The Bertz CT molecular complexity index is 442. The van der Waals surface area contributed by atoms with Crippen LogP contribution in [0.2, 0.25) is 0 Å². The van der Waals surface area contributed by atoms with Crippen molar-refractivity contribution >= 4 is 16.0 Å². The molecule has 2 atom stereocenters. The Morgan fingerprint density at radius 2 is 1.90 bits per heavy atom. The van der Waals surface area contributed by atoms with Gasteiger partial charge in [-0.2, -0.15) is 0 Å². The van der Waals surface area contributed by atoms with E-state index in [9.17, 15) is 13.2 Å². The van der Waals surface area contributed by atoms with Gasteiger partial charge in [-0.25, -0.2) is 13.1 Å². The third-order valence-electron chi connectivity index (χ3n) is 3.15. The number of hydrogen-bond acceptors (Lipinski definition) is 5. The van der Waals surface area contributed by atoms with Gasteiger partial charge in [0.05, 0.1) is 6.26 Å². The van der Waals surface area contributed by atoms with Crippen molar-refractivity contribution in [1.29, 1.82) is 0 Å². The van der Waals surface area contributed by atoms with E-state index in [2.05, 4.69) is 4.72 Å². The first-order chi connectivity index (χ1) is 8.99. The Morgan fingerprint density at radius 1 is 1.30 bits per heavy atom. The fourth-order valence-electron chi connectivity index (χ4n) is 2.43. The van der Waals surface area contributed by atoms with Crippen molar-refractivity contribution in [2.75, 3.05) is 19.8 Å². The molecule has 0 bridgehead atoms. The number of likely N-dealkylation sites (tertiary alicyclic amines) is 1. The van der Waals surface area contributed by atoms with Gasteiger partial charge in [-0.3, -0.25) is 9.69 Å². The molecule has 20 heavy (non-hydrogen) atoms. The SMILES string of the molecule is CN1CCCCC(NS(C)(=O)=O)C1C(=O)OC(C)(C)C. The smallest absolute Gasteiger partial charge is 0.325 e. The lowest BCUT2D eigenvalue weighted by Gasteiger charge is -2.32. The van der Waals surface area contributed by atoms with E-state index in [1.54, 1.807) is 20.8 Å². The number of nitrogens with one attached hydrogen (secondary N) is 1. The summed E-state index contributed by atoms with van der Waals surface area (Å²) in [5, 5.41) is 0. The van der Waals surface area contributed by atoms with Gasteiger partial charge in [0.25, 0.3) is 0 Å². The minimum Gasteiger partial charge on any atom is -0.459 e. The highest BCUT2D eigenvalue weighted by atomic mass is 32.2. The highest BCUT2D eigenvalue weighted by Gasteiger charge is 2.37. The first kappa shape index (κ1) is 17.4. The van der Waals surface area contributed by atoms with Gasteiger partial charge in [0.2, 0.25) is 10.0 Å². The maximum Gasteiger partial charge on any atom is 0.325 e. The Morgan fingerprint density at radius 3 is 2.40 bits per heavy atom. The monoisotopic (exact) mass is 306 g/mol. The fraction of sp³-hybridized carbons (Fsp3) is 0.923. The molecule has 1 fully saturated rings. The van der Waals surface area contributed by atoms with Crippen LogP contribution in [0.15, 0.2) is 0 Å². The van der Waals surface area contributed by atoms with E-state index < -0.39 is 27.7 Å². The van der Waals surface area contributed by atoms with Crippen LogP contribution in [0.3, 0.4) is 0 Å². The summed E-state index contributed by atoms with van der Waals surface area (Å²) in [4.78, 5) is 14.3. The van der Waals surface area contributed by atoms with E-state index in [-0.39, 0.29) is 5.97 Å². The number of rotatable bonds is 3. The first-order valence-corrected chi connectivity index (χ1v) is 8.79. The predicted octanol–water partition coefficient (Wildman–Crippen LogP) is 0.730. The summed E-state index contributed by atoms with van der Waals surface area (Å²) in [6, 6.07) is -1.02. The highest BCUT2D eigenvalue weighted by Crippen LogP contribution is 2.20. The lowest BCUT2D eigenvalue weighted by Crippen LogP contribution is -2.54. The second kappa shape index (κ2) is 6.41. The molecule has 0 aromatic carbocycles. The molecule has 0 radical (unpaired) electrons. The van der Waals surface area contributed by atoms with E-state index in [0.717, 1.165) is 25.6 Å². The number of nitrogens with zero attached hydrogens (tertiary/aromatic N) is 1. The Labute approximate surface area is 121 Å². The topological polar surface area (TPSA) is 75.7 Å². The molecular weight excluding hydrogens is 280 g/mol. The summed E-state index contributed by atoms with van der Waals surface area (Å²) < 4.78 is 31.0. The van der Waals surface area contributed by atoms with Crippen LogP contribution in [-0.2, 0) is 19.6 Å². The van der Waals surface area contributed by atoms with E-state index in [0.29, 0.717) is 6.42 Å². The van der Waals surface area contributed by atoms with Crippen LogP contribution < -0.4 is 4.72 Å². The molecule has 6 nitrogen and oxygen atoms in total. The van der Waals surface area contributed by atoms with Crippen molar-refractivity contribution in [3.63, 3.8) is 0 Å². The Balaban J connectivity index is 2.95. The summed E-state index contributed by atoms with van der Waals surface area (Å²) in [5.74, 6) is -0.372. The first-order valence-electron chi connectivity index (χ1n) is 6.90. The summed E-state index contributed by atoms with van der Waals surface area (Å²) >= 11 is 0. The van der Waals surface area contributed by atoms with Crippen LogP contribution >= 0.6 is 0 Å². The average molecular weight is 306 g/mol. The zero-order valence-electron chi connectivity index (χ0n) is 13.0. The van der Waals surface area contributed by atoms with E-state index in [1.807, 2.05) is 11.9 Å². The normalized spacial score (nSPS) is 26.1. The standard InChI is InChI=1S/C13H26N2O4S/c1-13(2,3)19-12(16)11-10(14-20(5,17)18)8-6-7-9-15(11)4/h10-11,14H,6-9H2,1-5H3. The van der Waals surface area contributed by atoms with Crippen molar-refractivity contribution in [2.45, 2.75) is 57.7 Å². The zero-order chi connectivity index (χ0) is 15.6. The molecular formula is C13H26N2O4S. The molecule has 0 saturated carbocycles. The van der Waals surface area contributed by atoms with Gasteiger partial charge in [-0.05, 0) is 47.2 Å². The Hall–Kier alpha value is -0.660. The summed E-state index contributed by atoms with van der Waals surface area (Å²) in [5.41, 5.74) is -0.583. The van der Waals surface area contributed by atoms with Gasteiger partial charge in [0.1, 0.15) is 11.6 Å². The summed E-state index contributed by atoms with van der Waals surface area (Å²) in [7, 11) is -1.53. The molecule has 0 amide bonds. The van der Waals surface area contributed by atoms with Gasteiger partial charge in [0.15, 0.2) is 0 Å². The maximum absolute atomic E-state index is 12.4. The molecule has 2 unspecified atom stereocenters. The summed E-state index contributed by atoms with van der Waals surface area (Å²) in [6.07, 6.45) is 3.58. The molecule has 0 spiro atoms. The molecule has 1 aliphatic rings. The zero-order valence-corrected chi connectivity index (χ0v) is 13.8. The van der Waals surface area contributed by atoms with Crippen molar-refractivity contribution in [3.8, 4) is 0 Å². The van der Waals surface area contributed by atoms with Gasteiger partial charge < -0.3 is 4.74 Å². The number of ether oxygens (including phenoxy) is 1. The number of hydrogen-bond donors (Lipinski definition) is 1. The van der Waals surface area contributed by atoms with Gasteiger partial charge in [-0.15, -0.1) is 0 Å². The predicted molar refractivity (Wildman–Crippen MR) is 77.9 cm³/mol. The maximum atomic E-state index is 12.4. The van der Waals surface area contributed by atoms with E-state index in [4.69, 9.17) is 4.74 Å². The lowest BCUT2D eigenvalue weighted by atomic mass is 10.0. The number of carbonyl (C=O) groups is 1. The molecule has 0 aliphatic carbocycles. The van der Waals surface area contributed by atoms with Gasteiger partial charge in [-0.1, -0.05) is 6.42 Å². The van der Waals surface area contributed by atoms with Crippen molar-refractivity contribution in [1.82, 2.24) is 9.62 Å². The molecule has 0 aromatic rings. The largest absolute Gasteiger partial charge is 0.459 e. The lowest BCUT2D eigenvalue weighted by molar-refractivity contribution is -0.161. The number of sulfonamides is 1. The van der Waals surface area contributed by atoms with Crippen molar-refractivity contribution in [2.24, 2.45) is 0 Å². The third kappa shape index (κ3) is 5.76. The molecule has 0 aromatic heterocycles. The minimum absolute atomic E-state index is 0.372. The number of carbonyl (C=O) groups excluding carboxylic acids is 1. The molecule has 1 heterocycles. The van der Waals surface area contributed by atoms with Gasteiger partial charge >= 0.3 is 5.97 Å². The molecule has 1 aliphatic heterocycles. The molecule has 118 valence electrons. The van der Waals surface area contributed by atoms with Crippen molar-refractivity contribution < 1.29 is 17.9 Å². The number of esters is 1. The Kier molecular flexibility index (Phi) is 5.57. The van der Waals surface area contributed by atoms with E-state index in [1.165, 1.54) is 0 Å². The molecule has 1 saturated heterocycles. The van der Waals surface area contributed by atoms with Gasteiger partial charge in [0, 0.05) is 6.04 Å². The minimum atomic E-state index is -3.36. The van der Waals surface area contributed by atoms with Crippen LogP contribution in [0.4, 0.5) is 0 Å². The van der Waals surface area contributed by atoms with Crippen LogP contribution in [0.5, 0.6) is 0 Å². The molecule has 7 heteroatoms. The fourth-order valence-corrected chi connectivity index (χ4v) is 3.23. The molecule has 1 N–H and O–H groups in total. The van der Waals surface area contributed by atoms with Crippen LogP contribution in [0.25, 0.3) is 0 Å². The highest BCUT2D eigenvalue weighted by molar-refractivity contribution is 7.88. The second-order valence-electron chi connectivity index (χ2n) is 6.45. The van der Waals surface area contributed by atoms with Crippen LogP contribution in [0, 0.1) is 0 Å². The van der Waals surface area contributed by atoms with Crippen molar-refractivity contribution in [3.05, 3.63) is 0 Å². The second-order valence-corrected chi connectivity index (χ2v) is 8.23. The van der Waals surface area contributed by atoms with Crippen LogP contribution in [0.1, 0.15) is 40.0 Å². The molecule has 1 rings (SSSR count). The average Bonchev–Trinajstić information content (AvgIpc) is 2.35. The summed E-state index contributed by atoms with van der Waals surface area (Å²) in [6.45, 7) is 6.17. The number of likely N-dealkylation sites (N-methyl/N-ethyl adjacent to an activating group) is 1.